The van der Waals surface area contributed by atoms with Crippen molar-refractivity contribution in [1.29, 1.82) is 0 Å². The van der Waals surface area contributed by atoms with Crippen molar-refractivity contribution in [2.75, 3.05) is 18.2 Å². The maximum atomic E-state index is 6.84. The molecule has 4 aromatic rings. The largest absolute Gasteiger partial charge is 0.399 e. The molecule has 2 aliphatic heterocycles. The monoisotopic (exact) mass is 600 g/mol. The van der Waals surface area contributed by atoms with Crippen LogP contribution in [0.15, 0.2) is 73.1 Å². The highest BCUT2D eigenvalue weighted by molar-refractivity contribution is 6.74. The van der Waals surface area contributed by atoms with Crippen LogP contribution in [0.1, 0.15) is 47.8 Å². The molecule has 2 fully saturated rings. The lowest BCUT2D eigenvalue weighted by molar-refractivity contribution is -0.183. The van der Waals surface area contributed by atoms with Gasteiger partial charge in [-0.25, -0.2) is 4.98 Å². The van der Waals surface area contributed by atoms with Gasteiger partial charge in [0.05, 0.1) is 6.61 Å². The van der Waals surface area contributed by atoms with Gasteiger partial charge in [0.15, 0.2) is 20.3 Å². The van der Waals surface area contributed by atoms with E-state index in [0.29, 0.717) is 25.2 Å². The Labute approximate surface area is 256 Å². The third-order valence-corrected chi connectivity index (χ3v) is 14.2. The molecule has 2 aromatic carbocycles. The van der Waals surface area contributed by atoms with E-state index in [9.17, 15) is 0 Å². The molecule has 3 atom stereocenters. The summed E-state index contributed by atoms with van der Waals surface area (Å²) in [6.45, 7) is 18.5. The van der Waals surface area contributed by atoms with Crippen LogP contribution in [-0.4, -0.2) is 54.2 Å². The van der Waals surface area contributed by atoms with E-state index in [2.05, 4.69) is 80.7 Å². The van der Waals surface area contributed by atoms with E-state index in [1.807, 2.05) is 56.4 Å². The number of nitrogens with zero attached hydrogens (tertiary/aromatic N) is 4. The Morgan fingerprint density at radius 2 is 1.72 bits per heavy atom. The molecule has 4 heterocycles. The van der Waals surface area contributed by atoms with E-state index in [0.717, 1.165) is 27.8 Å². The molecule has 43 heavy (non-hydrogen) atoms. The van der Waals surface area contributed by atoms with Gasteiger partial charge in [0, 0.05) is 29.0 Å². The van der Waals surface area contributed by atoms with Crippen LogP contribution in [0.3, 0.4) is 0 Å². The summed E-state index contributed by atoms with van der Waals surface area (Å²) in [6.07, 6.45) is 3.28. The van der Waals surface area contributed by atoms with E-state index >= 15 is 0 Å². The SMILES string of the molecule is CC(C)C(C)(C)[Si](C)(C)OCN(c1ccccc1)c1ncc2c(-c3ccccc3)cn([C@@H]3OC[C@H]4OC(C)(C)O[C@@H]34)c2n1. The number of hydrogen-bond acceptors (Lipinski definition) is 7. The predicted octanol–water partition coefficient (Wildman–Crippen LogP) is 7.90. The van der Waals surface area contributed by atoms with Crippen molar-refractivity contribution in [2.45, 2.75) is 83.9 Å². The van der Waals surface area contributed by atoms with E-state index in [1.165, 1.54) is 0 Å². The third kappa shape index (κ3) is 5.53. The average Bonchev–Trinajstić information content (AvgIpc) is 3.63. The van der Waals surface area contributed by atoms with Crippen LogP contribution in [0.2, 0.25) is 18.1 Å². The van der Waals surface area contributed by atoms with Crippen molar-refractivity contribution in [1.82, 2.24) is 14.5 Å². The molecule has 0 amide bonds. The lowest BCUT2D eigenvalue weighted by Crippen LogP contribution is -2.47. The van der Waals surface area contributed by atoms with Gasteiger partial charge in [0.1, 0.15) is 24.6 Å². The van der Waals surface area contributed by atoms with Crippen molar-refractivity contribution in [3.05, 3.63) is 73.1 Å². The number of fused-ring (bicyclic) bond motifs is 2. The second-order valence-electron chi connectivity index (χ2n) is 13.5. The first-order valence-electron chi connectivity index (χ1n) is 15.2. The molecule has 0 spiro atoms. The van der Waals surface area contributed by atoms with Crippen molar-refractivity contribution < 1.29 is 18.6 Å². The van der Waals surface area contributed by atoms with Gasteiger partial charge in [-0.15, -0.1) is 0 Å². The normalized spacial score (nSPS) is 21.9. The van der Waals surface area contributed by atoms with Crippen LogP contribution >= 0.6 is 0 Å². The number of benzene rings is 2. The highest BCUT2D eigenvalue weighted by Gasteiger charge is 2.51. The summed E-state index contributed by atoms with van der Waals surface area (Å²) < 4.78 is 27.7. The Morgan fingerprint density at radius 3 is 2.40 bits per heavy atom. The number of ether oxygens (including phenoxy) is 3. The summed E-state index contributed by atoms with van der Waals surface area (Å²) in [5.41, 5.74) is 3.89. The molecule has 8 nitrogen and oxygen atoms in total. The van der Waals surface area contributed by atoms with Gasteiger partial charge in [-0.2, -0.15) is 4.98 Å². The summed E-state index contributed by atoms with van der Waals surface area (Å²) in [5, 5.41) is 1.03. The second-order valence-corrected chi connectivity index (χ2v) is 18.1. The number of anilines is 2. The Morgan fingerprint density at radius 1 is 1.05 bits per heavy atom. The fraction of sp³-hybridized carbons (Fsp3) is 0.471. The molecule has 6 rings (SSSR count). The van der Waals surface area contributed by atoms with Gasteiger partial charge in [-0.3, -0.25) is 4.90 Å². The number of aromatic nitrogens is 3. The maximum absolute atomic E-state index is 6.84. The first-order valence-corrected chi connectivity index (χ1v) is 18.2. The molecule has 0 bridgehead atoms. The topological polar surface area (TPSA) is 70.9 Å². The molecular weight excluding hydrogens is 556 g/mol. The van der Waals surface area contributed by atoms with Crippen molar-refractivity contribution >= 4 is 31.0 Å². The predicted molar refractivity (Wildman–Crippen MR) is 173 cm³/mol. The number of para-hydroxylation sites is 1. The molecule has 0 radical (unpaired) electrons. The Balaban J connectivity index is 1.44. The molecule has 0 aliphatic carbocycles. The molecule has 2 aromatic heterocycles. The quantitative estimate of drug-likeness (QED) is 0.143. The fourth-order valence-corrected chi connectivity index (χ4v) is 8.13. The van der Waals surface area contributed by atoms with Crippen molar-refractivity contribution in [2.24, 2.45) is 5.92 Å². The van der Waals surface area contributed by atoms with Gasteiger partial charge in [0.25, 0.3) is 0 Å². The van der Waals surface area contributed by atoms with Crippen LogP contribution in [0.4, 0.5) is 11.6 Å². The minimum Gasteiger partial charge on any atom is -0.399 e. The Hall–Kier alpha value is -3.08. The van der Waals surface area contributed by atoms with E-state index in [4.69, 9.17) is 28.6 Å². The van der Waals surface area contributed by atoms with E-state index < -0.39 is 14.1 Å². The first kappa shape index (κ1) is 30.0. The molecule has 9 heteroatoms. The third-order valence-electron chi connectivity index (χ3n) is 9.71. The highest BCUT2D eigenvalue weighted by atomic mass is 28.4. The second kappa shape index (κ2) is 11.1. The van der Waals surface area contributed by atoms with Crippen LogP contribution in [-0.2, 0) is 18.6 Å². The standard InChI is InChI=1S/C34H44N4O4Si/c1-23(2)33(3,4)43(7,8)40-22-38(25-17-13-10-14-18-25)32-35-19-26-27(24-15-11-9-12-16-24)20-37(30(26)36-32)31-29-28(21-39-31)41-34(5,6)42-29/h9-20,23,28-29,31H,21-22H2,1-8H3/t28-,29-,31-/m1/s1. The smallest absolute Gasteiger partial charge is 0.233 e. The average molecular weight is 601 g/mol. The summed E-state index contributed by atoms with van der Waals surface area (Å²) in [5.74, 6) is 0.405. The molecule has 2 saturated heterocycles. The summed E-state index contributed by atoms with van der Waals surface area (Å²) >= 11 is 0. The molecule has 228 valence electrons. The van der Waals surface area contributed by atoms with Crippen LogP contribution in [0.5, 0.6) is 0 Å². The molecule has 2 aliphatic rings. The zero-order chi connectivity index (χ0) is 30.6. The molecular formula is C34H44N4O4Si. The zero-order valence-corrected chi connectivity index (χ0v) is 27.6. The molecule has 0 saturated carbocycles. The van der Waals surface area contributed by atoms with E-state index in [-0.39, 0.29) is 23.5 Å². The lowest BCUT2D eigenvalue weighted by Gasteiger charge is -2.43. The zero-order valence-electron chi connectivity index (χ0n) is 26.6. The first-order chi connectivity index (χ1) is 20.4. The fourth-order valence-electron chi connectivity index (χ4n) is 5.92. The highest BCUT2D eigenvalue weighted by Crippen LogP contribution is 2.45. The molecule has 0 unspecified atom stereocenters. The summed E-state index contributed by atoms with van der Waals surface area (Å²) in [6, 6.07) is 20.6. The Bertz CT molecular complexity index is 1570. The van der Waals surface area contributed by atoms with Gasteiger partial charge in [-0.05, 0) is 55.6 Å². The van der Waals surface area contributed by atoms with Crippen LogP contribution in [0.25, 0.3) is 22.2 Å². The number of rotatable bonds is 9. The summed E-state index contributed by atoms with van der Waals surface area (Å²) in [7, 11) is -2.13. The minimum absolute atomic E-state index is 0.0763. The van der Waals surface area contributed by atoms with Gasteiger partial charge in [-0.1, -0.05) is 76.2 Å². The summed E-state index contributed by atoms with van der Waals surface area (Å²) in [4.78, 5) is 12.2. The Kier molecular flexibility index (Phi) is 7.75. The lowest BCUT2D eigenvalue weighted by atomic mass is 9.99. The minimum atomic E-state index is -2.13. The van der Waals surface area contributed by atoms with Gasteiger partial charge in [0.2, 0.25) is 5.95 Å². The van der Waals surface area contributed by atoms with Gasteiger partial charge < -0.3 is 23.2 Å². The van der Waals surface area contributed by atoms with E-state index in [1.54, 1.807) is 0 Å². The van der Waals surface area contributed by atoms with Crippen LogP contribution < -0.4 is 4.90 Å². The van der Waals surface area contributed by atoms with Crippen molar-refractivity contribution in [3.63, 3.8) is 0 Å². The number of hydrogen-bond donors (Lipinski definition) is 0. The van der Waals surface area contributed by atoms with Crippen molar-refractivity contribution in [3.8, 4) is 11.1 Å². The van der Waals surface area contributed by atoms with Gasteiger partial charge >= 0.3 is 0 Å². The molecule has 0 N–H and O–H groups in total. The maximum Gasteiger partial charge on any atom is 0.233 e. The van der Waals surface area contributed by atoms with Crippen LogP contribution in [0, 0.1) is 5.92 Å².